The monoisotopic (exact) mass is 200 g/mol. The Morgan fingerprint density at radius 3 is 2.29 bits per heavy atom. The largest absolute Gasteiger partial charge is 0.481 e. The van der Waals surface area contributed by atoms with Gasteiger partial charge in [-0.25, -0.2) is 0 Å². The molecule has 1 aliphatic rings. The van der Waals surface area contributed by atoms with E-state index in [1.165, 1.54) is 0 Å². The van der Waals surface area contributed by atoms with Gasteiger partial charge in [-0.2, -0.15) is 0 Å². The molecule has 1 aliphatic heterocycles. The summed E-state index contributed by atoms with van der Waals surface area (Å²) in [6, 6.07) is 0.580. The number of carbonyl (C=O) groups is 1. The van der Waals surface area contributed by atoms with Crippen LogP contribution in [0.4, 0.5) is 0 Å². The highest BCUT2D eigenvalue weighted by atomic mass is 16.4. The predicted molar refractivity (Wildman–Crippen MR) is 55.3 cm³/mol. The van der Waals surface area contributed by atoms with E-state index in [-0.39, 0.29) is 12.0 Å². The summed E-state index contributed by atoms with van der Waals surface area (Å²) in [7, 11) is 3.90. The smallest absolute Gasteiger partial charge is 0.309 e. The van der Waals surface area contributed by atoms with Crippen molar-refractivity contribution in [1.82, 2.24) is 9.80 Å². The summed E-state index contributed by atoms with van der Waals surface area (Å²) in [5.41, 5.74) is 0. The molecule has 0 aromatic carbocycles. The fourth-order valence-corrected chi connectivity index (χ4v) is 2.00. The number of hydrogen-bond acceptors (Lipinski definition) is 3. The molecule has 1 saturated heterocycles. The van der Waals surface area contributed by atoms with Crippen LogP contribution in [-0.4, -0.2) is 60.1 Å². The lowest BCUT2D eigenvalue weighted by atomic mass is 10.0. The highest BCUT2D eigenvalue weighted by Crippen LogP contribution is 2.22. The van der Waals surface area contributed by atoms with E-state index >= 15 is 0 Å². The predicted octanol–water partition coefficient (Wildman–Crippen LogP) is 0.341. The van der Waals surface area contributed by atoms with Crippen LogP contribution in [-0.2, 0) is 4.79 Å². The molecule has 4 heteroatoms. The van der Waals surface area contributed by atoms with Gasteiger partial charge >= 0.3 is 5.97 Å². The van der Waals surface area contributed by atoms with Crippen LogP contribution in [0.15, 0.2) is 0 Å². The van der Waals surface area contributed by atoms with Crippen molar-refractivity contribution in [3.05, 3.63) is 0 Å². The molecule has 1 fully saturated rings. The molecule has 4 nitrogen and oxygen atoms in total. The Morgan fingerprint density at radius 1 is 1.43 bits per heavy atom. The Hall–Kier alpha value is -0.610. The van der Waals surface area contributed by atoms with Gasteiger partial charge in [-0.05, 0) is 27.9 Å². The summed E-state index contributed by atoms with van der Waals surface area (Å²) in [4.78, 5) is 15.3. The third-order valence-electron chi connectivity index (χ3n) is 3.03. The van der Waals surface area contributed by atoms with Crippen LogP contribution in [0.1, 0.15) is 13.8 Å². The van der Waals surface area contributed by atoms with E-state index in [1.807, 2.05) is 19.0 Å². The lowest BCUT2D eigenvalue weighted by Crippen LogP contribution is -2.38. The topological polar surface area (TPSA) is 43.8 Å². The van der Waals surface area contributed by atoms with Crippen LogP contribution in [0, 0.1) is 5.92 Å². The van der Waals surface area contributed by atoms with Gasteiger partial charge in [-0.15, -0.1) is 0 Å². The van der Waals surface area contributed by atoms with E-state index in [4.69, 9.17) is 5.11 Å². The maximum Gasteiger partial charge on any atom is 0.309 e. The van der Waals surface area contributed by atoms with E-state index in [1.54, 1.807) is 0 Å². The van der Waals surface area contributed by atoms with Crippen LogP contribution >= 0.6 is 0 Å². The number of rotatable bonds is 3. The normalized spacial score (nSPS) is 29.0. The average molecular weight is 200 g/mol. The first-order chi connectivity index (χ1) is 6.43. The van der Waals surface area contributed by atoms with Crippen molar-refractivity contribution in [2.45, 2.75) is 25.9 Å². The third-order valence-corrected chi connectivity index (χ3v) is 3.03. The summed E-state index contributed by atoms with van der Waals surface area (Å²) in [5.74, 6) is -0.917. The number of likely N-dealkylation sites (N-methyl/N-ethyl adjacent to an activating group) is 1. The van der Waals surface area contributed by atoms with Gasteiger partial charge < -0.3 is 10.0 Å². The van der Waals surface area contributed by atoms with Crippen molar-refractivity contribution in [3.63, 3.8) is 0 Å². The molecule has 2 atom stereocenters. The van der Waals surface area contributed by atoms with Crippen LogP contribution in [0.5, 0.6) is 0 Å². The molecule has 0 aliphatic carbocycles. The lowest BCUT2D eigenvalue weighted by Gasteiger charge is -2.23. The van der Waals surface area contributed by atoms with Crippen LogP contribution < -0.4 is 0 Å². The van der Waals surface area contributed by atoms with E-state index in [2.05, 4.69) is 18.7 Å². The number of carboxylic acid groups (broad SMARTS) is 1. The first kappa shape index (κ1) is 11.5. The molecule has 1 rings (SSSR count). The first-order valence-electron chi connectivity index (χ1n) is 5.06. The third kappa shape index (κ3) is 2.25. The van der Waals surface area contributed by atoms with Crippen LogP contribution in [0.2, 0.25) is 0 Å². The van der Waals surface area contributed by atoms with Crippen molar-refractivity contribution >= 4 is 5.97 Å². The Balaban J connectivity index is 2.70. The first-order valence-corrected chi connectivity index (χ1v) is 5.06. The quantitative estimate of drug-likeness (QED) is 0.713. The van der Waals surface area contributed by atoms with Crippen LogP contribution in [0.25, 0.3) is 0 Å². The van der Waals surface area contributed by atoms with E-state index in [0.717, 1.165) is 6.54 Å². The molecule has 0 aromatic rings. The summed E-state index contributed by atoms with van der Waals surface area (Å²) in [5, 5.41) is 9.08. The molecule has 2 unspecified atom stereocenters. The molecule has 0 saturated carbocycles. The fraction of sp³-hybridized carbons (Fsp3) is 0.900. The molecular formula is C10H20N2O2. The van der Waals surface area contributed by atoms with Gasteiger partial charge in [0.1, 0.15) is 0 Å². The minimum atomic E-state index is -0.674. The maximum atomic E-state index is 11.0. The molecule has 0 bridgehead atoms. The van der Waals surface area contributed by atoms with Gasteiger partial charge in [0.05, 0.1) is 5.92 Å². The Kier molecular flexibility index (Phi) is 3.50. The van der Waals surface area contributed by atoms with Gasteiger partial charge in [0, 0.05) is 25.2 Å². The Labute approximate surface area is 85.5 Å². The van der Waals surface area contributed by atoms with Crippen LogP contribution in [0.3, 0.4) is 0 Å². The zero-order chi connectivity index (χ0) is 10.9. The second-order valence-corrected chi connectivity index (χ2v) is 4.52. The number of likely N-dealkylation sites (tertiary alicyclic amines) is 1. The standard InChI is InChI=1S/C10H20N2O2/c1-7(2)12-5-8(10(13)14)9(6-12)11(3)4/h7-9H,5-6H2,1-4H3,(H,13,14). The molecule has 14 heavy (non-hydrogen) atoms. The molecule has 0 radical (unpaired) electrons. The minimum Gasteiger partial charge on any atom is -0.481 e. The van der Waals surface area contributed by atoms with Crippen molar-refractivity contribution in [2.24, 2.45) is 5.92 Å². The summed E-state index contributed by atoms with van der Waals surface area (Å²) >= 11 is 0. The summed E-state index contributed by atoms with van der Waals surface area (Å²) in [6.07, 6.45) is 0. The van der Waals surface area contributed by atoms with E-state index in [0.29, 0.717) is 12.6 Å². The number of aliphatic carboxylic acids is 1. The highest BCUT2D eigenvalue weighted by Gasteiger charge is 2.39. The minimum absolute atomic E-state index is 0.148. The molecule has 0 aromatic heterocycles. The van der Waals surface area contributed by atoms with Crippen molar-refractivity contribution < 1.29 is 9.90 Å². The lowest BCUT2D eigenvalue weighted by molar-refractivity contribution is -0.142. The van der Waals surface area contributed by atoms with Crippen molar-refractivity contribution in [2.75, 3.05) is 27.2 Å². The van der Waals surface area contributed by atoms with Gasteiger partial charge in [0.25, 0.3) is 0 Å². The summed E-state index contributed by atoms with van der Waals surface area (Å²) < 4.78 is 0. The van der Waals surface area contributed by atoms with E-state index in [9.17, 15) is 4.79 Å². The Morgan fingerprint density at radius 2 is 2.00 bits per heavy atom. The zero-order valence-corrected chi connectivity index (χ0v) is 9.40. The maximum absolute atomic E-state index is 11.0. The number of hydrogen-bond donors (Lipinski definition) is 1. The average Bonchev–Trinajstić information content (AvgIpc) is 2.47. The second kappa shape index (κ2) is 4.28. The van der Waals surface area contributed by atoms with Gasteiger partial charge in [-0.3, -0.25) is 9.69 Å². The van der Waals surface area contributed by atoms with E-state index < -0.39 is 5.97 Å². The molecule has 1 N–H and O–H groups in total. The molecule has 1 heterocycles. The van der Waals surface area contributed by atoms with Gasteiger partial charge in [-0.1, -0.05) is 0 Å². The van der Waals surface area contributed by atoms with Gasteiger partial charge in [0.15, 0.2) is 0 Å². The van der Waals surface area contributed by atoms with Crippen molar-refractivity contribution in [1.29, 1.82) is 0 Å². The molecule has 82 valence electrons. The SMILES string of the molecule is CC(C)N1CC(C(=O)O)C(N(C)C)C1. The fourth-order valence-electron chi connectivity index (χ4n) is 2.00. The molecular weight excluding hydrogens is 180 g/mol. The zero-order valence-electron chi connectivity index (χ0n) is 9.40. The summed E-state index contributed by atoms with van der Waals surface area (Å²) in [6.45, 7) is 5.76. The Bertz CT molecular complexity index is 216. The molecule has 0 amide bonds. The molecule has 0 spiro atoms. The second-order valence-electron chi connectivity index (χ2n) is 4.52. The number of nitrogens with zero attached hydrogens (tertiary/aromatic N) is 2. The van der Waals surface area contributed by atoms with Crippen molar-refractivity contribution in [3.8, 4) is 0 Å². The highest BCUT2D eigenvalue weighted by molar-refractivity contribution is 5.71. The van der Waals surface area contributed by atoms with Gasteiger partial charge in [0.2, 0.25) is 0 Å². The number of carboxylic acids is 1.